The number of fused-ring (bicyclic) bond motifs is 1. The summed E-state index contributed by atoms with van der Waals surface area (Å²) in [6.45, 7) is 9.11. The molecule has 0 unspecified atom stereocenters. The zero-order chi connectivity index (χ0) is 18.2. The minimum Gasteiger partial charge on any atom is -0.322 e. The lowest BCUT2D eigenvalue weighted by molar-refractivity contribution is -0.112. The number of allylic oxidation sites excluding steroid dienone is 3. The van der Waals surface area contributed by atoms with Crippen LogP contribution in [0.15, 0.2) is 47.6 Å². The molecule has 1 N–H and O–H groups in total. The van der Waals surface area contributed by atoms with E-state index in [1.54, 1.807) is 18.2 Å². The van der Waals surface area contributed by atoms with Gasteiger partial charge in [-0.3, -0.25) is 4.79 Å². The van der Waals surface area contributed by atoms with Crippen molar-refractivity contribution in [3.63, 3.8) is 0 Å². The number of amides is 1. The minimum absolute atomic E-state index is 0.110. The number of rotatable bonds is 2. The lowest BCUT2D eigenvalue weighted by Crippen LogP contribution is -2.33. The van der Waals surface area contributed by atoms with Gasteiger partial charge in [-0.15, -0.1) is 0 Å². The van der Waals surface area contributed by atoms with E-state index in [-0.39, 0.29) is 16.7 Å². The van der Waals surface area contributed by atoms with Crippen molar-refractivity contribution in [1.29, 1.82) is 0 Å². The van der Waals surface area contributed by atoms with Crippen molar-refractivity contribution in [3.8, 4) is 0 Å². The Labute approximate surface area is 149 Å². The van der Waals surface area contributed by atoms with Crippen LogP contribution in [0.1, 0.15) is 58.1 Å². The normalized spacial score (nSPS) is 20.3. The van der Waals surface area contributed by atoms with Gasteiger partial charge in [0.2, 0.25) is 0 Å². The molecule has 0 saturated carbocycles. The van der Waals surface area contributed by atoms with Gasteiger partial charge in [-0.05, 0) is 59.1 Å². The van der Waals surface area contributed by atoms with Gasteiger partial charge in [0.25, 0.3) is 5.91 Å². The van der Waals surface area contributed by atoms with Crippen LogP contribution >= 0.6 is 0 Å². The lowest BCUT2D eigenvalue weighted by atomic mass is 9.63. The van der Waals surface area contributed by atoms with E-state index in [2.05, 4.69) is 45.1 Å². The summed E-state index contributed by atoms with van der Waals surface area (Å²) in [7, 11) is 0. The van der Waals surface area contributed by atoms with Crippen LogP contribution in [0, 0.1) is 0 Å². The van der Waals surface area contributed by atoms with Crippen molar-refractivity contribution < 1.29 is 9.59 Å². The van der Waals surface area contributed by atoms with Gasteiger partial charge in [0.15, 0.2) is 0 Å². The number of benzene rings is 1. The highest BCUT2D eigenvalue weighted by Gasteiger charge is 2.37. The Kier molecular flexibility index (Phi) is 4.30. The first-order valence-corrected chi connectivity index (χ1v) is 8.81. The van der Waals surface area contributed by atoms with E-state index in [4.69, 9.17) is 0 Å². The third-order valence-corrected chi connectivity index (χ3v) is 5.51. The second-order valence-corrected chi connectivity index (χ2v) is 8.31. The summed E-state index contributed by atoms with van der Waals surface area (Å²) in [5.41, 5.74) is 4.94. The van der Waals surface area contributed by atoms with Crippen LogP contribution in [-0.4, -0.2) is 11.8 Å². The Morgan fingerprint density at radius 1 is 1.04 bits per heavy atom. The first kappa shape index (κ1) is 17.4. The summed E-state index contributed by atoms with van der Waals surface area (Å²) in [6.07, 6.45) is 7.85. The van der Waals surface area contributed by atoms with E-state index < -0.39 is 0 Å². The molecule has 0 fully saturated rings. The van der Waals surface area contributed by atoms with Crippen molar-refractivity contribution >= 4 is 17.5 Å². The fraction of sp³-hybridized carbons (Fsp3) is 0.409. The van der Waals surface area contributed by atoms with Crippen LogP contribution in [-0.2, 0) is 20.4 Å². The predicted molar refractivity (Wildman–Crippen MR) is 101 cm³/mol. The van der Waals surface area contributed by atoms with E-state index in [9.17, 15) is 9.59 Å². The molecule has 2 aliphatic carbocycles. The summed E-state index contributed by atoms with van der Waals surface area (Å²) in [6, 6.07) is 6.27. The molecule has 0 aromatic heterocycles. The molecule has 2 aliphatic rings. The molecule has 0 spiro atoms. The minimum atomic E-state index is -0.144. The zero-order valence-corrected chi connectivity index (χ0v) is 15.4. The molecule has 0 atom stereocenters. The molecule has 3 heteroatoms. The molecular formula is C22H25NO2. The highest BCUT2D eigenvalue weighted by Crippen LogP contribution is 2.46. The van der Waals surface area contributed by atoms with Gasteiger partial charge in [0.1, 0.15) is 5.94 Å². The van der Waals surface area contributed by atoms with E-state index >= 15 is 0 Å². The Hall–Kier alpha value is -2.38. The second-order valence-electron chi connectivity index (χ2n) is 8.31. The Morgan fingerprint density at radius 2 is 1.72 bits per heavy atom. The molecule has 25 heavy (non-hydrogen) atoms. The van der Waals surface area contributed by atoms with Gasteiger partial charge in [-0.2, -0.15) is 0 Å². The van der Waals surface area contributed by atoms with E-state index in [0.717, 1.165) is 12.1 Å². The van der Waals surface area contributed by atoms with Gasteiger partial charge in [-0.1, -0.05) is 39.8 Å². The van der Waals surface area contributed by atoms with Crippen molar-refractivity contribution in [1.82, 2.24) is 0 Å². The Morgan fingerprint density at radius 3 is 2.32 bits per heavy atom. The summed E-state index contributed by atoms with van der Waals surface area (Å²) in [5, 5.41) is 2.99. The monoisotopic (exact) mass is 335 g/mol. The smallest absolute Gasteiger partial charge is 0.255 e. The van der Waals surface area contributed by atoms with Crippen LogP contribution in [0.25, 0.3) is 0 Å². The molecule has 0 bridgehead atoms. The molecule has 3 nitrogen and oxygen atoms in total. The number of carbonyl (C=O) groups excluding carboxylic acids is 2. The second kappa shape index (κ2) is 6.16. The molecule has 0 aliphatic heterocycles. The fourth-order valence-electron chi connectivity index (χ4n) is 3.66. The third-order valence-electron chi connectivity index (χ3n) is 5.51. The Bertz CT molecular complexity index is 834. The van der Waals surface area contributed by atoms with Crippen LogP contribution < -0.4 is 5.32 Å². The molecule has 0 heterocycles. The summed E-state index contributed by atoms with van der Waals surface area (Å²) in [5.74, 6) is 1.72. The maximum absolute atomic E-state index is 12.5. The van der Waals surface area contributed by atoms with Crippen LogP contribution in [0.4, 0.5) is 5.69 Å². The molecular weight excluding hydrogens is 310 g/mol. The van der Waals surface area contributed by atoms with Crippen molar-refractivity contribution in [3.05, 3.63) is 58.7 Å². The number of nitrogens with one attached hydrogen (secondary N) is 1. The highest BCUT2D eigenvalue weighted by molar-refractivity contribution is 6.06. The van der Waals surface area contributed by atoms with Crippen LogP contribution in [0.3, 0.4) is 0 Å². The molecule has 130 valence electrons. The van der Waals surface area contributed by atoms with E-state index in [1.807, 2.05) is 12.0 Å². The first-order valence-electron chi connectivity index (χ1n) is 8.81. The zero-order valence-electron chi connectivity index (χ0n) is 15.4. The molecule has 3 rings (SSSR count). The summed E-state index contributed by atoms with van der Waals surface area (Å²) >= 11 is 0. The maximum Gasteiger partial charge on any atom is 0.255 e. The van der Waals surface area contributed by atoms with Gasteiger partial charge in [-0.25, -0.2) is 4.79 Å². The van der Waals surface area contributed by atoms with Gasteiger partial charge in [0, 0.05) is 23.3 Å². The molecule has 1 aromatic carbocycles. The Balaban J connectivity index is 1.86. The first-order chi connectivity index (χ1) is 11.7. The van der Waals surface area contributed by atoms with Gasteiger partial charge >= 0.3 is 0 Å². The van der Waals surface area contributed by atoms with E-state index in [1.165, 1.54) is 17.5 Å². The van der Waals surface area contributed by atoms with Crippen LogP contribution in [0.2, 0.25) is 0 Å². The summed E-state index contributed by atoms with van der Waals surface area (Å²) in [4.78, 5) is 23.1. The lowest BCUT2D eigenvalue weighted by Gasteiger charge is -2.42. The van der Waals surface area contributed by atoms with Gasteiger partial charge < -0.3 is 5.32 Å². The molecule has 1 amide bonds. The molecule has 0 radical (unpaired) electrons. The highest BCUT2D eigenvalue weighted by atomic mass is 16.1. The third kappa shape index (κ3) is 3.38. The molecule has 0 saturated heterocycles. The van der Waals surface area contributed by atoms with Crippen LogP contribution in [0.5, 0.6) is 0 Å². The van der Waals surface area contributed by atoms with Crippen molar-refractivity contribution in [2.45, 2.75) is 57.8 Å². The number of anilines is 1. The average Bonchev–Trinajstić information content (AvgIpc) is 2.59. The number of carbonyl (C=O) groups is 1. The quantitative estimate of drug-likeness (QED) is 0.802. The fourth-order valence-corrected chi connectivity index (χ4v) is 3.66. The standard InChI is InChI=1S/C22H25NO2/c1-21(2)11-12-22(3,4)19-13-17(9-10-18(19)21)23-20(25)16-7-5-15(14-24)6-8-16/h5,7-10,13H,6,11-12H2,1-4H3,(H,23,25). The van der Waals surface area contributed by atoms with Crippen molar-refractivity contribution in [2.75, 3.05) is 5.32 Å². The largest absolute Gasteiger partial charge is 0.322 e. The van der Waals surface area contributed by atoms with Gasteiger partial charge in [0.05, 0.1) is 0 Å². The topological polar surface area (TPSA) is 46.2 Å². The maximum atomic E-state index is 12.5. The average molecular weight is 335 g/mol. The number of hydrogen-bond donors (Lipinski definition) is 1. The predicted octanol–water partition coefficient (Wildman–Crippen LogP) is 4.62. The SMILES string of the molecule is CC1(C)CCC(C)(C)c2cc(NC(=O)C3=CCC(=C=O)C=C3)ccc21. The molecule has 1 aromatic rings. The number of hydrogen-bond acceptors (Lipinski definition) is 2. The van der Waals surface area contributed by atoms with E-state index in [0.29, 0.717) is 17.6 Å². The summed E-state index contributed by atoms with van der Waals surface area (Å²) < 4.78 is 0. The van der Waals surface area contributed by atoms with Crippen molar-refractivity contribution in [2.24, 2.45) is 0 Å².